The summed E-state index contributed by atoms with van der Waals surface area (Å²) in [4.78, 5) is 26.6. The molecule has 0 aromatic carbocycles. The molecular formula is C29H39N5O4. The first-order chi connectivity index (χ1) is 18.1. The summed E-state index contributed by atoms with van der Waals surface area (Å²) in [7, 11) is 0. The van der Waals surface area contributed by atoms with Crippen LogP contribution < -0.4 is 19.9 Å². The number of amides is 1. The molecule has 0 saturated carbocycles. The Morgan fingerprint density at radius 3 is 2.82 bits per heavy atom. The zero-order chi connectivity index (χ0) is 27.4. The molecule has 1 aromatic rings. The third kappa shape index (κ3) is 5.93. The number of ether oxygens (including phenoxy) is 2. The molecule has 0 bridgehead atoms. The van der Waals surface area contributed by atoms with Gasteiger partial charge in [-0.1, -0.05) is 25.7 Å². The Balaban J connectivity index is 1.66. The molecule has 204 valence electrons. The van der Waals surface area contributed by atoms with Gasteiger partial charge < -0.3 is 24.8 Å². The summed E-state index contributed by atoms with van der Waals surface area (Å²) < 4.78 is 11.5. The van der Waals surface area contributed by atoms with Gasteiger partial charge in [-0.05, 0) is 64.2 Å². The number of aromatic nitrogens is 1. The number of hydrogen-bond donors (Lipinski definition) is 2. The summed E-state index contributed by atoms with van der Waals surface area (Å²) in [5.74, 6) is 1.22. The molecule has 1 aromatic heterocycles. The van der Waals surface area contributed by atoms with Crippen molar-refractivity contribution in [2.24, 2.45) is 4.99 Å². The highest BCUT2D eigenvalue weighted by molar-refractivity contribution is 6.05. The first kappa shape index (κ1) is 27.4. The monoisotopic (exact) mass is 521 g/mol. The van der Waals surface area contributed by atoms with Crippen molar-refractivity contribution in [1.29, 1.82) is 0 Å². The number of fused-ring (bicyclic) bond motifs is 2. The number of pyridine rings is 1. The highest BCUT2D eigenvalue weighted by atomic mass is 16.6. The quantitative estimate of drug-likeness (QED) is 0.520. The number of anilines is 2. The molecule has 3 aliphatic heterocycles. The zero-order valence-corrected chi connectivity index (χ0v) is 23.1. The Morgan fingerprint density at radius 1 is 1.34 bits per heavy atom. The fourth-order valence-electron chi connectivity index (χ4n) is 4.85. The molecule has 0 radical (unpaired) electrons. The second-order valence-corrected chi connectivity index (χ2v) is 10.6. The zero-order valence-electron chi connectivity index (χ0n) is 23.1. The van der Waals surface area contributed by atoms with Gasteiger partial charge in [-0.25, -0.2) is 14.8 Å². The lowest BCUT2D eigenvalue weighted by Crippen LogP contribution is -2.43. The summed E-state index contributed by atoms with van der Waals surface area (Å²) in [6, 6.07) is 0. The molecule has 0 aliphatic carbocycles. The lowest BCUT2D eigenvalue weighted by Gasteiger charge is -2.36. The van der Waals surface area contributed by atoms with Crippen LogP contribution in [0, 0.1) is 6.92 Å². The molecule has 1 fully saturated rings. The van der Waals surface area contributed by atoms with E-state index < -0.39 is 11.7 Å². The maximum atomic E-state index is 13.0. The molecule has 9 nitrogen and oxygen atoms in total. The fourth-order valence-corrected chi connectivity index (χ4v) is 4.85. The molecule has 0 unspecified atom stereocenters. The molecule has 9 heteroatoms. The number of allylic oxidation sites excluding steroid dienone is 4. The molecule has 1 saturated heterocycles. The van der Waals surface area contributed by atoms with E-state index >= 15 is 0 Å². The van der Waals surface area contributed by atoms with Crippen LogP contribution in [-0.4, -0.2) is 60.3 Å². The first-order valence-corrected chi connectivity index (χ1v) is 13.2. The van der Waals surface area contributed by atoms with Crippen LogP contribution in [0.2, 0.25) is 0 Å². The Kier molecular flexibility index (Phi) is 8.26. The highest BCUT2D eigenvalue weighted by Gasteiger charge is 2.33. The van der Waals surface area contributed by atoms with Crippen LogP contribution in [0.1, 0.15) is 52.5 Å². The number of nitrogens with one attached hydrogen (secondary N) is 1. The topological polar surface area (TPSA) is 99.5 Å². The number of carbonyl (C=O) groups excluding carboxylic acids is 1. The maximum Gasteiger partial charge on any atom is 0.415 e. The van der Waals surface area contributed by atoms with Crippen LogP contribution in [0.4, 0.5) is 16.2 Å². The van der Waals surface area contributed by atoms with Gasteiger partial charge in [0.1, 0.15) is 23.7 Å². The number of aliphatic imine (C=N–C) groups is 1. The Morgan fingerprint density at radius 2 is 2.13 bits per heavy atom. The Hall–Kier alpha value is -3.59. The van der Waals surface area contributed by atoms with E-state index in [9.17, 15) is 9.90 Å². The number of rotatable bonds is 6. The molecule has 0 atom stereocenters. The number of piperidine rings is 1. The normalized spacial score (nSPS) is 18.0. The fraction of sp³-hybridized carbons (Fsp3) is 0.483. The summed E-state index contributed by atoms with van der Waals surface area (Å²) in [5, 5.41) is 13.1. The minimum absolute atomic E-state index is 0.125. The van der Waals surface area contributed by atoms with E-state index in [4.69, 9.17) is 14.5 Å². The van der Waals surface area contributed by atoms with Gasteiger partial charge >= 0.3 is 6.09 Å². The third-order valence-corrected chi connectivity index (χ3v) is 6.76. The van der Waals surface area contributed by atoms with Crippen molar-refractivity contribution in [1.82, 2.24) is 10.3 Å². The van der Waals surface area contributed by atoms with Gasteiger partial charge in [-0.2, -0.15) is 0 Å². The summed E-state index contributed by atoms with van der Waals surface area (Å²) in [6.45, 7) is 15.5. The number of aliphatic hydroxyl groups is 1. The van der Waals surface area contributed by atoms with Crippen molar-refractivity contribution in [3.8, 4) is 5.88 Å². The van der Waals surface area contributed by atoms with Gasteiger partial charge in [-0.15, -0.1) is 0 Å². The minimum atomic E-state index is -0.602. The van der Waals surface area contributed by atoms with Crippen LogP contribution in [0.15, 0.2) is 58.7 Å². The van der Waals surface area contributed by atoms with Crippen molar-refractivity contribution >= 4 is 23.2 Å². The molecule has 3 aliphatic rings. The van der Waals surface area contributed by atoms with Crippen molar-refractivity contribution in [2.45, 2.75) is 59.5 Å². The average molecular weight is 522 g/mol. The van der Waals surface area contributed by atoms with E-state index in [0.29, 0.717) is 37.0 Å². The van der Waals surface area contributed by atoms with E-state index in [2.05, 4.69) is 34.8 Å². The van der Waals surface area contributed by atoms with Gasteiger partial charge in [0.25, 0.3) is 0 Å². The standard InChI is InChI=1S/C29H39N5O4/c1-7-9-22(18-35)31-26-20(8-2)10-11-21-12-13-33(17-23(21)32-26)24-16-30-27-25(19(24)3)34(14-15-37-27)28(36)38-29(4,5)6/h7,9,11,16,31,35H,1,8,10,12-15,17-18H2,2-6H3/b22-9+. The van der Waals surface area contributed by atoms with Gasteiger partial charge in [0.2, 0.25) is 5.88 Å². The lowest BCUT2D eigenvalue weighted by atomic mass is 9.98. The molecule has 2 N–H and O–H groups in total. The molecule has 1 amide bonds. The SMILES string of the molecule is C=C/C=C(\CO)NC1=C(CC)CC=C2CCN(c3cnc4c(c3C)N(C(=O)OC(C)(C)C)CCO4)CC2=N1. The number of nitrogens with zero attached hydrogens (tertiary/aromatic N) is 4. The van der Waals surface area contributed by atoms with Crippen molar-refractivity contribution in [3.63, 3.8) is 0 Å². The van der Waals surface area contributed by atoms with Gasteiger partial charge in [0.15, 0.2) is 0 Å². The van der Waals surface area contributed by atoms with Crippen LogP contribution in [0.5, 0.6) is 5.88 Å². The second-order valence-electron chi connectivity index (χ2n) is 10.6. The van der Waals surface area contributed by atoms with E-state index in [1.807, 2.05) is 33.9 Å². The maximum absolute atomic E-state index is 13.0. The smallest absolute Gasteiger partial charge is 0.415 e. The number of hydrogen-bond acceptors (Lipinski definition) is 8. The molecular weight excluding hydrogens is 482 g/mol. The van der Waals surface area contributed by atoms with E-state index in [-0.39, 0.29) is 6.61 Å². The van der Waals surface area contributed by atoms with E-state index in [1.54, 1.807) is 17.1 Å². The van der Waals surface area contributed by atoms with Crippen LogP contribution in [0.3, 0.4) is 0 Å². The average Bonchev–Trinajstić information content (AvgIpc) is 3.05. The summed E-state index contributed by atoms with van der Waals surface area (Å²) in [5.41, 5.74) is 5.97. The van der Waals surface area contributed by atoms with Crippen LogP contribution >= 0.6 is 0 Å². The van der Waals surface area contributed by atoms with Crippen molar-refractivity contribution < 1.29 is 19.4 Å². The number of aliphatic hydroxyl groups excluding tert-OH is 1. The predicted molar refractivity (Wildman–Crippen MR) is 151 cm³/mol. The lowest BCUT2D eigenvalue weighted by molar-refractivity contribution is 0.0566. The molecule has 4 rings (SSSR count). The van der Waals surface area contributed by atoms with Crippen molar-refractivity contribution in [3.05, 3.63) is 59.2 Å². The largest absolute Gasteiger partial charge is 0.474 e. The summed E-state index contributed by atoms with van der Waals surface area (Å²) in [6.07, 6.45) is 9.62. The molecule has 38 heavy (non-hydrogen) atoms. The Bertz CT molecular complexity index is 1220. The first-order valence-electron chi connectivity index (χ1n) is 13.2. The minimum Gasteiger partial charge on any atom is -0.474 e. The second kappa shape index (κ2) is 11.4. The predicted octanol–water partition coefficient (Wildman–Crippen LogP) is 4.78. The van der Waals surface area contributed by atoms with Crippen molar-refractivity contribution in [2.75, 3.05) is 42.6 Å². The van der Waals surface area contributed by atoms with Crippen LogP contribution in [0.25, 0.3) is 0 Å². The highest BCUT2D eigenvalue weighted by Crippen LogP contribution is 2.39. The van der Waals surface area contributed by atoms with Gasteiger partial charge in [-0.3, -0.25) is 4.90 Å². The number of carbonyl (C=O) groups is 1. The Labute approximate surface area is 225 Å². The van der Waals surface area contributed by atoms with E-state index in [1.165, 1.54) is 11.1 Å². The molecule has 0 spiro atoms. The third-order valence-electron chi connectivity index (χ3n) is 6.76. The van der Waals surface area contributed by atoms with Gasteiger partial charge in [0, 0.05) is 17.8 Å². The van der Waals surface area contributed by atoms with E-state index in [0.717, 1.165) is 48.6 Å². The molecule has 4 heterocycles. The van der Waals surface area contributed by atoms with Gasteiger partial charge in [0.05, 0.1) is 37.3 Å². The summed E-state index contributed by atoms with van der Waals surface area (Å²) >= 11 is 0. The van der Waals surface area contributed by atoms with Crippen LogP contribution in [-0.2, 0) is 4.74 Å².